The third-order valence-electron chi connectivity index (χ3n) is 7.28. The van der Waals surface area contributed by atoms with Crippen molar-refractivity contribution < 1.29 is 22.7 Å². The highest BCUT2D eigenvalue weighted by atomic mass is 35.5. The molecule has 2 heterocycles. The molecule has 1 aliphatic carbocycles. The number of esters is 1. The summed E-state index contributed by atoms with van der Waals surface area (Å²) in [5, 5.41) is 4.97. The molecule has 3 aromatic rings. The van der Waals surface area contributed by atoms with Crippen LogP contribution in [0, 0.1) is 5.92 Å². The number of likely N-dealkylation sites (tertiary alicyclic amines) is 1. The Hall–Kier alpha value is -2.88. The number of thiol groups is 1. The fourth-order valence-electron chi connectivity index (χ4n) is 5.34. The number of aromatic nitrogens is 2. The Morgan fingerprint density at radius 3 is 2.46 bits per heavy atom. The summed E-state index contributed by atoms with van der Waals surface area (Å²) in [6.45, 7) is 0.646. The van der Waals surface area contributed by atoms with Gasteiger partial charge >= 0.3 is 5.97 Å². The van der Waals surface area contributed by atoms with Gasteiger partial charge in [-0.2, -0.15) is 9.19 Å². The molecule has 0 spiro atoms. The van der Waals surface area contributed by atoms with E-state index in [1.165, 1.54) is 7.11 Å². The first-order valence-electron chi connectivity index (χ1n) is 11.9. The van der Waals surface area contributed by atoms with Crippen molar-refractivity contribution in [2.24, 2.45) is 5.92 Å². The second kappa shape index (κ2) is 10.5. The number of fused-ring (bicyclic) bond motifs is 1. The van der Waals surface area contributed by atoms with Crippen LogP contribution in [-0.2, 0) is 39.7 Å². The number of halogens is 2. The molecule has 2 unspecified atom stereocenters. The number of carbonyl (C=O) groups is 2. The van der Waals surface area contributed by atoms with Crippen LogP contribution in [0.1, 0.15) is 40.0 Å². The standard InChI is InChI=1S/C26H25Cl2N3O5S/c1-36-26(33)16-4-2-15(3-5-16)18-12-22(27)21(23(28)13-18)11-17-8-9-30(25(17)32)20-6-7-24-19(10-20)14-29-31(24)37(34)35/h2-5,12-14,17,20,37H,6-11H2,1H3. The van der Waals surface area contributed by atoms with Crippen LogP contribution in [0.3, 0.4) is 0 Å². The zero-order valence-electron chi connectivity index (χ0n) is 20.0. The second-order valence-electron chi connectivity index (χ2n) is 9.35. The molecule has 1 aromatic heterocycles. The van der Waals surface area contributed by atoms with Crippen LogP contribution in [-0.4, -0.2) is 54.1 Å². The summed E-state index contributed by atoms with van der Waals surface area (Å²) in [5.74, 6) is -0.554. The summed E-state index contributed by atoms with van der Waals surface area (Å²) in [6.07, 6.45) is 4.61. The summed E-state index contributed by atoms with van der Waals surface area (Å²) in [4.78, 5) is 26.9. The predicted octanol–water partition coefficient (Wildman–Crippen LogP) is 3.97. The average molecular weight is 562 g/mol. The lowest BCUT2D eigenvalue weighted by molar-refractivity contribution is -0.133. The number of methoxy groups -OCH3 is 1. The van der Waals surface area contributed by atoms with E-state index in [4.69, 9.17) is 27.9 Å². The van der Waals surface area contributed by atoms with E-state index in [1.807, 2.05) is 17.0 Å². The largest absolute Gasteiger partial charge is 0.465 e. The maximum absolute atomic E-state index is 13.3. The lowest BCUT2D eigenvalue weighted by atomic mass is 9.92. The molecule has 0 saturated carbocycles. The Labute approximate surface area is 226 Å². The summed E-state index contributed by atoms with van der Waals surface area (Å²) < 4.78 is 28.6. The quantitative estimate of drug-likeness (QED) is 0.361. The molecule has 0 N–H and O–H groups in total. The number of nitrogens with zero attached hydrogens (tertiary/aromatic N) is 3. The second-order valence-corrected chi connectivity index (χ2v) is 11.0. The molecule has 0 radical (unpaired) electrons. The highest BCUT2D eigenvalue weighted by Crippen LogP contribution is 2.36. The maximum atomic E-state index is 13.3. The van der Waals surface area contributed by atoms with E-state index >= 15 is 0 Å². The van der Waals surface area contributed by atoms with Crippen molar-refractivity contribution >= 4 is 46.0 Å². The Kier molecular flexibility index (Phi) is 7.29. The van der Waals surface area contributed by atoms with Crippen molar-refractivity contribution in [1.29, 1.82) is 0 Å². The zero-order valence-corrected chi connectivity index (χ0v) is 22.4. The number of benzene rings is 2. The SMILES string of the molecule is COC(=O)c1ccc(-c2cc(Cl)c(CC3CCN(C4CCc5c(cnn5[SH](=O)=O)C4)C3=O)c(Cl)c2)cc1. The van der Waals surface area contributed by atoms with Crippen LogP contribution in [0.15, 0.2) is 42.6 Å². The van der Waals surface area contributed by atoms with Crippen LogP contribution < -0.4 is 0 Å². The molecule has 11 heteroatoms. The fourth-order valence-corrected chi connectivity index (χ4v) is 6.54. The van der Waals surface area contributed by atoms with E-state index in [9.17, 15) is 18.0 Å². The van der Waals surface area contributed by atoms with Crippen LogP contribution in [0.25, 0.3) is 11.1 Å². The molecule has 5 rings (SSSR count). The van der Waals surface area contributed by atoms with E-state index in [0.717, 1.165) is 26.3 Å². The first kappa shape index (κ1) is 25.8. The highest BCUT2D eigenvalue weighted by Gasteiger charge is 2.38. The monoisotopic (exact) mass is 561 g/mol. The van der Waals surface area contributed by atoms with Crippen LogP contribution in [0.4, 0.5) is 0 Å². The molecule has 2 aliphatic rings. The predicted molar refractivity (Wildman–Crippen MR) is 141 cm³/mol. The van der Waals surface area contributed by atoms with Gasteiger partial charge in [-0.15, -0.1) is 0 Å². The molecule has 0 bridgehead atoms. The van der Waals surface area contributed by atoms with Crippen molar-refractivity contribution in [2.45, 2.75) is 38.1 Å². The van der Waals surface area contributed by atoms with E-state index in [2.05, 4.69) is 5.10 Å². The van der Waals surface area contributed by atoms with Gasteiger partial charge < -0.3 is 9.64 Å². The lowest BCUT2D eigenvalue weighted by Gasteiger charge is -2.31. The van der Waals surface area contributed by atoms with Gasteiger partial charge in [-0.05, 0) is 78.6 Å². The molecule has 1 amide bonds. The van der Waals surface area contributed by atoms with E-state index < -0.39 is 16.9 Å². The van der Waals surface area contributed by atoms with Gasteiger partial charge in [-0.3, -0.25) is 4.79 Å². The first-order chi connectivity index (χ1) is 17.8. The average Bonchev–Trinajstić information content (AvgIpc) is 3.48. The molecule has 1 aliphatic heterocycles. The van der Waals surface area contributed by atoms with Gasteiger partial charge in [-0.1, -0.05) is 35.3 Å². The highest BCUT2D eigenvalue weighted by molar-refractivity contribution is 7.70. The molecular formula is C26H25Cl2N3O5S. The van der Waals surface area contributed by atoms with E-state index in [-0.39, 0.29) is 17.9 Å². The van der Waals surface area contributed by atoms with Crippen molar-refractivity contribution in [3.05, 3.63) is 75.0 Å². The van der Waals surface area contributed by atoms with Gasteiger partial charge in [0.15, 0.2) is 0 Å². The van der Waals surface area contributed by atoms with Crippen molar-refractivity contribution in [3.8, 4) is 11.1 Å². The minimum atomic E-state index is -2.79. The molecule has 1 fully saturated rings. The molecular weight excluding hydrogens is 537 g/mol. The Bertz CT molecular complexity index is 1420. The Balaban J connectivity index is 1.28. The summed E-state index contributed by atoms with van der Waals surface area (Å²) in [5.41, 5.74) is 4.46. The van der Waals surface area contributed by atoms with Crippen LogP contribution in [0.2, 0.25) is 10.0 Å². The molecule has 37 heavy (non-hydrogen) atoms. The minimum absolute atomic E-state index is 0.0217. The molecule has 8 nitrogen and oxygen atoms in total. The molecule has 194 valence electrons. The number of hydrogen-bond donors (Lipinski definition) is 1. The Morgan fingerprint density at radius 1 is 1.11 bits per heavy atom. The van der Waals surface area contributed by atoms with E-state index in [1.54, 1.807) is 30.5 Å². The van der Waals surface area contributed by atoms with Gasteiger partial charge in [0.05, 0.1) is 24.6 Å². The van der Waals surface area contributed by atoms with Crippen molar-refractivity contribution in [1.82, 2.24) is 14.1 Å². The summed E-state index contributed by atoms with van der Waals surface area (Å²) in [7, 11) is -1.45. The minimum Gasteiger partial charge on any atom is -0.465 e. The number of hydrogen-bond acceptors (Lipinski definition) is 6. The van der Waals surface area contributed by atoms with Crippen LogP contribution in [0.5, 0.6) is 0 Å². The normalized spacial score (nSPS) is 19.4. The summed E-state index contributed by atoms with van der Waals surface area (Å²) >= 11 is 13.3. The van der Waals surface area contributed by atoms with Gasteiger partial charge in [0.1, 0.15) is 0 Å². The van der Waals surface area contributed by atoms with E-state index in [0.29, 0.717) is 60.0 Å². The molecule has 1 saturated heterocycles. The smallest absolute Gasteiger partial charge is 0.337 e. The number of ether oxygens (including phenoxy) is 1. The van der Waals surface area contributed by atoms with Gasteiger partial charge in [0, 0.05) is 28.5 Å². The topological polar surface area (TPSA) is 98.6 Å². The van der Waals surface area contributed by atoms with Gasteiger partial charge in [0.25, 0.3) is 0 Å². The van der Waals surface area contributed by atoms with Gasteiger partial charge in [-0.25, -0.2) is 13.2 Å². The number of amides is 1. The van der Waals surface area contributed by atoms with Gasteiger partial charge in [0.2, 0.25) is 16.8 Å². The fraction of sp³-hybridized carbons (Fsp3) is 0.346. The van der Waals surface area contributed by atoms with Crippen molar-refractivity contribution in [2.75, 3.05) is 13.7 Å². The third-order valence-corrected chi connectivity index (χ3v) is 8.61. The first-order valence-corrected chi connectivity index (χ1v) is 13.8. The summed E-state index contributed by atoms with van der Waals surface area (Å²) in [6, 6.07) is 10.7. The zero-order chi connectivity index (χ0) is 26.3. The lowest BCUT2D eigenvalue weighted by Crippen LogP contribution is -2.41. The third kappa shape index (κ3) is 5.00. The maximum Gasteiger partial charge on any atom is 0.337 e. The molecule has 2 atom stereocenters. The van der Waals surface area contributed by atoms with Crippen LogP contribution >= 0.6 is 23.2 Å². The number of rotatable bonds is 6. The van der Waals surface area contributed by atoms with Crippen molar-refractivity contribution in [3.63, 3.8) is 0 Å². The number of carbonyl (C=O) groups excluding carboxylic acids is 2. The Morgan fingerprint density at radius 2 is 1.81 bits per heavy atom. The molecule has 2 aromatic carbocycles.